The van der Waals surface area contributed by atoms with E-state index in [9.17, 15) is 25.3 Å². The van der Waals surface area contributed by atoms with Gasteiger partial charge in [-0.1, -0.05) is 0 Å². The second kappa shape index (κ2) is 7.85. The first-order chi connectivity index (χ1) is 11.3. The molecule has 134 valence electrons. The normalized spacial score (nSPS) is 31.3. The topological polar surface area (TPSA) is 156 Å². The van der Waals surface area contributed by atoms with Crippen LogP contribution < -0.4 is 15.3 Å². The Hall–Kier alpha value is -1.79. The van der Waals surface area contributed by atoms with E-state index in [1.807, 2.05) is 0 Å². The number of rotatable bonds is 5. The maximum Gasteiger partial charge on any atom is 0.223 e. The van der Waals surface area contributed by atoms with Gasteiger partial charge in [0.25, 0.3) is 0 Å². The van der Waals surface area contributed by atoms with Gasteiger partial charge in [-0.15, -0.1) is 0 Å². The smallest absolute Gasteiger partial charge is 0.223 e. The van der Waals surface area contributed by atoms with Gasteiger partial charge in [-0.25, -0.2) is 5.21 Å². The molecule has 0 radical (unpaired) electrons. The van der Waals surface area contributed by atoms with E-state index < -0.39 is 48.4 Å². The second-order valence-corrected chi connectivity index (χ2v) is 5.38. The number of quaternary nitrogens is 1. The number of carbonyl (C=O) groups excluding carboxylic acids is 1. The molecular weight excluding hydrogens is 324 g/mol. The monoisotopic (exact) mass is 344 g/mol. The van der Waals surface area contributed by atoms with Crippen molar-refractivity contribution in [1.82, 2.24) is 5.32 Å². The molecule has 6 N–H and O–H groups in total. The molecule has 1 aliphatic rings. The predicted molar refractivity (Wildman–Crippen MR) is 78.2 cm³/mol. The lowest BCUT2D eigenvalue weighted by Gasteiger charge is -2.42. The minimum absolute atomic E-state index is 0.0639. The summed E-state index contributed by atoms with van der Waals surface area (Å²) in [4.78, 5) is 11.3. The average molecular weight is 344 g/mol. The van der Waals surface area contributed by atoms with Gasteiger partial charge in [-0.05, 0) is 12.1 Å². The van der Waals surface area contributed by atoms with Crippen molar-refractivity contribution in [3.8, 4) is 5.75 Å². The van der Waals surface area contributed by atoms with Crippen molar-refractivity contribution in [2.45, 2.75) is 37.6 Å². The lowest BCUT2D eigenvalue weighted by molar-refractivity contribution is -0.991. The van der Waals surface area contributed by atoms with Gasteiger partial charge in [0.2, 0.25) is 12.2 Å². The third kappa shape index (κ3) is 4.19. The number of benzene rings is 1. The van der Waals surface area contributed by atoms with E-state index in [1.54, 1.807) is 0 Å². The van der Waals surface area contributed by atoms with Gasteiger partial charge in [0.15, 0.2) is 5.69 Å². The second-order valence-electron chi connectivity index (χ2n) is 5.38. The Morgan fingerprint density at radius 3 is 2.46 bits per heavy atom. The van der Waals surface area contributed by atoms with Crippen LogP contribution in [0.4, 0.5) is 5.69 Å². The Morgan fingerprint density at radius 1 is 1.33 bits per heavy atom. The molecule has 0 spiro atoms. The van der Waals surface area contributed by atoms with E-state index in [2.05, 4.69) is 5.32 Å². The minimum Gasteiger partial charge on any atom is -0.595 e. The van der Waals surface area contributed by atoms with Gasteiger partial charge in [0.05, 0.1) is 6.61 Å². The molecule has 0 aliphatic carbocycles. The Balaban J connectivity index is 2.17. The van der Waals surface area contributed by atoms with Crippen molar-refractivity contribution >= 4 is 11.6 Å². The van der Waals surface area contributed by atoms with Crippen molar-refractivity contribution in [1.29, 1.82) is 0 Å². The van der Waals surface area contributed by atoms with Crippen LogP contribution in [0.2, 0.25) is 0 Å². The summed E-state index contributed by atoms with van der Waals surface area (Å²) in [5, 5.41) is 50.3. The summed E-state index contributed by atoms with van der Waals surface area (Å²) in [5.74, 6) is -0.229. The van der Waals surface area contributed by atoms with Crippen molar-refractivity contribution in [3.63, 3.8) is 0 Å². The van der Waals surface area contributed by atoms with Crippen molar-refractivity contribution in [2.75, 3.05) is 6.61 Å². The molecule has 1 amide bonds. The Morgan fingerprint density at radius 2 is 1.96 bits per heavy atom. The van der Waals surface area contributed by atoms with Gasteiger partial charge in [-0.3, -0.25) is 4.79 Å². The molecule has 1 saturated heterocycles. The number of aliphatic hydroxyl groups is 3. The van der Waals surface area contributed by atoms with E-state index in [4.69, 9.17) is 14.7 Å². The number of carbonyl (C=O) groups is 1. The molecule has 10 heteroatoms. The van der Waals surface area contributed by atoms with Gasteiger partial charge in [0.1, 0.15) is 30.1 Å². The number of hydrogen-bond donors (Lipinski definition) is 6. The largest absolute Gasteiger partial charge is 0.595 e. The molecule has 24 heavy (non-hydrogen) atoms. The molecule has 1 heterocycles. The Labute approximate surface area is 137 Å². The number of aliphatic hydroxyl groups excluding tert-OH is 3. The van der Waals surface area contributed by atoms with Crippen molar-refractivity contribution < 1.29 is 40.0 Å². The fourth-order valence-electron chi connectivity index (χ4n) is 2.38. The maximum atomic E-state index is 11.3. The van der Waals surface area contributed by atoms with E-state index >= 15 is 0 Å². The van der Waals surface area contributed by atoms with Crippen LogP contribution in [0.3, 0.4) is 0 Å². The predicted octanol–water partition coefficient (Wildman–Crippen LogP) is -2.59. The molecule has 0 aromatic heterocycles. The number of amides is 1. The highest BCUT2D eigenvalue weighted by atomic mass is 16.8. The van der Waals surface area contributed by atoms with E-state index in [1.165, 1.54) is 31.2 Å². The maximum absolute atomic E-state index is 11.3. The molecule has 1 aliphatic heterocycles. The highest BCUT2D eigenvalue weighted by molar-refractivity contribution is 5.73. The zero-order chi connectivity index (χ0) is 17.9. The molecule has 1 aromatic carbocycles. The summed E-state index contributed by atoms with van der Waals surface area (Å²) < 4.78 is 10.9. The molecule has 10 nitrogen and oxygen atoms in total. The lowest BCUT2D eigenvalue weighted by atomic mass is 9.97. The van der Waals surface area contributed by atoms with E-state index in [0.717, 1.165) is 0 Å². The van der Waals surface area contributed by atoms with Crippen LogP contribution in [0.25, 0.3) is 0 Å². The van der Waals surface area contributed by atoms with Crippen LogP contribution in [0, 0.1) is 5.21 Å². The average Bonchev–Trinajstić information content (AvgIpc) is 2.54. The Bertz CT molecular complexity index is 552. The molecule has 0 bridgehead atoms. The number of ether oxygens (including phenoxy) is 2. The number of hydrogen-bond acceptors (Lipinski definition) is 8. The molecule has 2 rings (SSSR count). The molecule has 0 saturated carbocycles. The minimum atomic E-state index is -1.41. The summed E-state index contributed by atoms with van der Waals surface area (Å²) in [6.07, 6.45) is -5.09. The summed E-state index contributed by atoms with van der Waals surface area (Å²) in [6.45, 7) is 0.679. The highest BCUT2D eigenvalue weighted by Crippen LogP contribution is 2.24. The highest BCUT2D eigenvalue weighted by Gasteiger charge is 2.46. The van der Waals surface area contributed by atoms with Crippen LogP contribution in [-0.2, 0) is 9.53 Å². The molecule has 1 aromatic rings. The summed E-state index contributed by atoms with van der Waals surface area (Å²) >= 11 is 0. The van der Waals surface area contributed by atoms with Gasteiger partial charge in [-0.2, -0.15) is 5.23 Å². The summed E-state index contributed by atoms with van der Waals surface area (Å²) in [7, 11) is 0. The first kappa shape index (κ1) is 18.5. The SMILES string of the molecule is CC(=O)N[C@H]1[C@@H](Oc2ccc([NH+]([O-])O)cc2)O[C@@H](CO)[C@H](O)[C@H]1O. The quantitative estimate of drug-likeness (QED) is 0.318. The molecule has 1 unspecified atom stereocenters. The first-order valence-electron chi connectivity index (χ1n) is 7.23. The first-order valence-corrected chi connectivity index (χ1v) is 7.23. The van der Waals surface area contributed by atoms with Crippen molar-refractivity contribution in [2.24, 2.45) is 0 Å². The zero-order valence-corrected chi connectivity index (χ0v) is 12.8. The van der Waals surface area contributed by atoms with E-state index in [-0.39, 0.29) is 11.4 Å². The van der Waals surface area contributed by atoms with Crippen LogP contribution in [0.5, 0.6) is 5.75 Å². The van der Waals surface area contributed by atoms with Gasteiger partial charge in [0, 0.05) is 19.1 Å². The zero-order valence-electron chi connectivity index (χ0n) is 12.8. The third-order valence-electron chi connectivity index (χ3n) is 3.60. The van der Waals surface area contributed by atoms with Gasteiger partial charge >= 0.3 is 0 Å². The van der Waals surface area contributed by atoms with Crippen molar-refractivity contribution in [3.05, 3.63) is 29.5 Å². The third-order valence-corrected chi connectivity index (χ3v) is 3.60. The van der Waals surface area contributed by atoms with Crippen LogP contribution >= 0.6 is 0 Å². The van der Waals surface area contributed by atoms with Crippen LogP contribution in [0.15, 0.2) is 24.3 Å². The molecular formula is C14H20N2O8. The lowest BCUT2D eigenvalue weighted by Crippen LogP contribution is -2.99. The molecule has 6 atom stereocenters. The van der Waals surface area contributed by atoms with Crippen LogP contribution in [-0.4, -0.2) is 63.7 Å². The standard InChI is InChI=1S/C14H20N2O8/c1-7(18)15-11-13(20)12(19)10(6-17)24-14(11)23-9-4-2-8(3-5-9)16(21)22/h2-5,10-14,16-17,19-21H,6H2,1H3,(H,15,18)/t10-,11+,12-,13-,14-/m0/s1. The summed E-state index contributed by atoms with van der Waals surface area (Å²) in [6, 6.07) is 4.36. The molecule has 1 fully saturated rings. The van der Waals surface area contributed by atoms with Gasteiger partial charge < -0.3 is 35.3 Å². The number of nitrogens with one attached hydrogen (secondary N) is 2. The fourth-order valence-corrected chi connectivity index (χ4v) is 2.38. The van der Waals surface area contributed by atoms with Crippen LogP contribution in [0.1, 0.15) is 6.92 Å². The summed E-state index contributed by atoms with van der Waals surface area (Å²) in [5.41, 5.74) is 0.0639. The Kier molecular flexibility index (Phi) is 6.07. The fraction of sp³-hybridized carbons (Fsp3) is 0.500. The van der Waals surface area contributed by atoms with E-state index in [0.29, 0.717) is 0 Å².